The van der Waals surface area contributed by atoms with Gasteiger partial charge in [-0.3, -0.25) is 0 Å². The smallest absolute Gasteiger partial charge is 0.165 e. The number of rotatable bonds is 3. The molecule has 1 rings (SSSR count). The van der Waals surface area contributed by atoms with Gasteiger partial charge in [0, 0.05) is 0 Å². The van der Waals surface area contributed by atoms with E-state index in [0.717, 1.165) is 0 Å². The summed E-state index contributed by atoms with van der Waals surface area (Å²) in [5.74, 6) is 0.429. The number of para-hydroxylation sites is 1. The fraction of sp³-hybridized carbons (Fsp3) is 0.455. The first-order valence-corrected chi connectivity index (χ1v) is 4.52. The van der Waals surface area contributed by atoms with Crippen LogP contribution in [0.5, 0.6) is 5.75 Å². The highest BCUT2D eigenvalue weighted by Crippen LogP contribution is 2.19. The lowest BCUT2D eigenvalue weighted by molar-refractivity contribution is 0.163. The van der Waals surface area contributed by atoms with Crippen LogP contribution in [0, 0.1) is 11.7 Å². The summed E-state index contributed by atoms with van der Waals surface area (Å²) in [6.45, 7) is 6.04. The van der Waals surface area contributed by atoms with Crippen molar-refractivity contribution in [3.8, 4) is 5.75 Å². The van der Waals surface area contributed by atoms with Crippen LogP contribution in [-0.2, 0) is 0 Å². The Kier molecular flexibility index (Phi) is 3.29. The molecule has 72 valence electrons. The van der Waals surface area contributed by atoms with Crippen LogP contribution in [0.15, 0.2) is 24.3 Å². The van der Waals surface area contributed by atoms with Crippen LogP contribution in [0.4, 0.5) is 4.39 Å². The number of benzene rings is 1. The van der Waals surface area contributed by atoms with E-state index in [1.54, 1.807) is 18.2 Å². The third kappa shape index (κ3) is 2.72. The number of ether oxygens (including phenoxy) is 1. The minimum absolute atomic E-state index is 0.0388. The third-order valence-corrected chi connectivity index (χ3v) is 2.09. The molecule has 0 bridgehead atoms. The van der Waals surface area contributed by atoms with Crippen LogP contribution < -0.4 is 4.74 Å². The second-order valence-electron chi connectivity index (χ2n) is 3.50. The van der Waals surface area contributed by atoms with Gasteiger partial charge in [-0.1, -0.05) is 26.0 Å². The third-order valence-electron chi connectivity index (χ3n) is 2.09. The molecule has 0 heterocycles. The van der Waals surface area contributed by atoms with Gasteiger partial charge in [-0.05, 0) is 25.0 Å². The van der Waals surface area contributed by atoms with Crippen LogP contribution in [0.1, 0.15) is 20.8 Å². The molecule has 0 radical (unpaired) electrons. The first kappa shape index (κ1) is 10.0. The molecule has 0 amide bonds. The lowest BCUT2D eigenvalue weighted by Crippen LogP contribution is -2.19. The second kappa shape index (κ2) is 4.26. The normalized spacial score (nSPS) is 13.0. The molecule has 0 aromatic heterocycles. The van der Waals surface area contributed by atoms with Gasteiger partial charge in [-0.2, -0.15) is 0 Å². The average molecular weight is 182 g/mol. The summed E-state index contributed by atoms with van der Waals surface area (Å²) in [7, 11) is 0. The van der Waals surface area contributed by atoms with Gasteiger partial charge in [0.05, 0.1) is 6.10 Å². The molecule has 2 heteroatoms. The summed E-state index contributed by atoms with van der Waals surface area (Å²) >= 11 is 0. The zero-order valence-corrected chi connectivity index (χ0v) is 8.25. The van der Waals surface area contributed by atoms with Gasteiger partial charge >= 0.3 is 0 Å². The van der Waals surface area contributed by atoms with Gasteiger partial charge in [0.2, 0.25) is 0 Å². The Labute approximate surface area is 78.5 Å². The highest BCUT2D eigenvalue weighted by Gasteiger charge is 2.10. The molecule has 1 aromatic rings. The van der Waals surface area contributed by atoms with Gasteiger partial charge in [0.15, 0.2) is 11.6 Å². The molecule has 1 aromatic carbocycles. The van der Waals surface area contributed by atoms with Gasteiger partial charge in [-0.25, -0.2) is 4.39 Å². The molecular formula is C11H15FO. The Morgan fingerprint density at radius 2 is 1.77 bits per heavy atom. The molecule has 0 aliphatic rings. The molecule has 0 N–H and O–H groups in total. The Hall–Kier alpha value is -1.05. The molecule has 0 saturated carbocycles. The molecule has 0 fully saturated rings. The van der Waals surface area contributed by atoms with Crippen molar-refractivity contribution in [1.82, 2.24) is 0 Å². The SMILES string of the molecule is CC(C)C(C)Oc1ccccc1F. The summed E-state index contributed by atoms with van der Waals surface area (Å²) < 4.78 is 18.5. The molecule has 1 atom stereocenters. The van der Waals surface area contributed by atoms with Crippen LogP contribution in [-0.4, -0.2) is 6.10 Å². The molecule has 0 saturated heterocycles. The van der Waals surface area contributed by atoms with E-state index in [2.05, 4.69) is 0 Å². The Bertz CT molecular complexity index is 271. The number of halogens is 1. The van der Waals surface area contributed by atoms with E-state index in [1.807, 2.05) is 20.8 Å². The molecule has 1 unspecified atom stereocenters. The minimum Gasteiger partial charge on any atom is -0.487 e. The maximum absolute atomic E-state index is 13.1. The summed E-state index contributed by atoms with van der Waals surface area (Å²) in [4.78, 5) is 0. The monoisotopic (exact) mass is 182 g/mol. The molecule has 0 aliphatic heterocycles. The van der Waals surface area contributed by atoms with E-state index in [-0.39, 0.29) is 11.9 Å². The van der Waals surface area contributed by atoms with E-state index >= 15 is 0 Å². The van der Waals surface area contributed by atoms with Crippen LogP contribution >= 0.6 is 0 Å². The fourth-order valence-electron chi connectivity index (χ4n) is 0.877. The molecule has 0 aliphatic carbocycles. The zero-order chi connectivity index (χ0) is 9.84. The van der Waals surface area contributed by atoms with E-state index in [4.69, 9.17) is 4.74 Å². The first-order valence-electron chi connectivity index (χ1n) is 4.52. The summed E-state index contributed by atoms with van der Waals surface area (Å²) in [6.07, 6.45) is 0.0388. The predicted molar refractivity (Wildman–Crippen MR) is 51.3 cm³/mol. The van der Waals surface area contributed by atoms with Crippen molar-refractivity contribution >= 4 is 0 Å². The summed E-state index contributed by atoms with van der Waals surface area (Å²) in [5.41, 5.74) is 0. The van der Waals surface area contributed by atoms with E-state index in [0.29, 0.717) is 11.7 Å². The fourth-order valence-corrected chi connectivity index (χ4v) is 0.877. The van der Waals surface area contributed by atoms with E-state index in [1.165, 1.54) is 6.07 Å². The van der Waals surface area contributed by atoms with Crippen molar-refractivity contribution in [2.75, 3.05) is 0 Å². The highest BCUT2D eigenvalue weighted by molar-refractivity contribution is 5.23. The minimum atomic E-state index is -0.296. The van der Waals surface area contributed by atoms with Crippen molar-refractivity contribution in [3.05, 3.63) is 30.1 Å². The van der Waals surface area contributed by atoms with Crippen LogP contribution in [0.25, 0.3) is 0 Å². The Morgan fingerprint density at radius 1 is 1.15 bits per heavy atom. The lowest BCUT2D eigenvalue weighted by atomic mass is 10.1. The quantitative estimate of drug-likeness (QED) is 0.697. The summed E-state index contributed by atoms with van der Waals surface area (Å²) in [6, 6.07) is 6.48. The second-order valence-corrected chi connectivity index (χ2v) is 3.50. The maximum Gasteiger partial charge on any atom is 0.165 e. The molecule has 1 nitrogen and oxygen atoms in total. The molecule has 0 spiro atoms. The van der Waals surface area contributed by atoms with Crippen LogP contribution in [0.2, 0.25) is 0 Å². The van der Waals surface area contributed by atoms with Crippen molar-refractivity contribution in [3.63, 3.8) is 0 Å². The van der Waals surface area contributed by atoms with Crippen molar-refractivity contribution in [2.24, 2.45) is 5.92 Å². The average Bonchev–Trinajstić information content (AvgIpc) is 2.08. The Morgan fingerprint density at radius 3 is 2.31 bits per heavy atom. The van der Waals surface area contributed by atoms with E-state index < -0.39 is 0 Å². The highest BCUT2D eigenvalue weighted by atomic mass is 19.1. The molecular weight excluding hydrogens is 167 g/mol. The summed E-state index contributed by atoms with van der Waals surface area (Å²) in [5, 5.41) is 0. The largest absolute Gasteiger partial charge is 0.487 e. The van der Waals surface area contributed by atoms with Crippen molar-refractivity contribution < 1.29 is 9.13 Å². The standard InChI is InChI=1S/C11H15FO/c1-8(2)9(3)13-11-7-5-4-6-10(11)12/h4-9H,1-3H3. The van der Waals surface area contributed by atoms with Gasteiger partial charge in [-0.15, -0.1) is 0 Å². The topological polar surface area (TPSA) is 9.23 Å². The number of hydrogen-bond donors (Lipinski definition) is 0. The van der Waals surface area contributed by atoms with E-state index in [9.17, 15) is 4.39 Å². The predicted octanol–water partition coefficient (Wildman–Crippen LogP) is 3.25. The Balaban J connectivity index is 2.69. The number of hydrogen-bond acceptors (Lipinski definition) is 1. The van der Waals surface area contributed by atoms with Gasteiger partial charge in [0.1, 0.15) is 0 Å². The maximum atomic E-state index is 13.1. The first-order chi connectivity index (χ1) is 6.11. The zero-order valence-electron chi connectivity index (χ0n) is 8.25. The molecule has 13 heavy (non-hydrogen) atoms. The van der Waals surface area contributed by atoms with Gasteiger partial charge in [0.25, 0.3) is 0 Å². The van der Waals surface area contributed by atoms with Crippen molar-refractivity contribution in [2.45, 2.75) is 26.9 Å². The van der Waals surface area contributed by atoms with Crippen molar-refractivity contribution in [1.29, 1.82) is 0 Å². The lowest BCUT2D eigenvalue weighted by Gasteiger charge is -2.18. The van der Waals surface area contributed by atoms with Gasteiger partial charge < -0.3 is 4.74 Å². The van der Waals surface area contributed by atoms with Crippen LogP contribution in [0.3, 0.4) is 0 Å².